The molecule has 0 atom stereocenters. The van der Waals surface area contributed by atoms with Crippen molar-refractivity contribution in [2.75, 3.05) is 0 Å². The van der Waals surface area contributed by atoms with E-state index in [0.717, 1.165) is 27.9 Å². The summed E-state index contributed by atoms with van der Waals surface area (Å²) in [6.07, 6.45) is 1.85. The normalized spacial score (nSPS) is 9.64. The smallest absolute Gasteiger partial charge is 0.187 e. The monoisotopic (exact) mass is 462 g/mol. The van der Waals surface area contributed by atoms with Crippen LogP contribution in [0.4, 0.5) is 5.69 Å². The van der Waals surface area contributed by atoms with Gasteiger partial charge in [0.2, 0.25) is 0 Å². The predicted octanol–water partition coefficient (Wildman–Crippen LogP) is 5.07. The molecular formula is C19H13IrN2-. The summed E-state index contributed by atoms with van der Waals surface area (Å²) < 4.78 is 0. The first-order valence-corrected chi connectivity index (χ1v) is 6.69. The van der Waals surface area contributed by atoms with Crippen LogP contribution in [-0.2, 0) is 20.1 Å². The van der Waals surface area contributed by atoms with E-state index in [1.807, 2.05) is 67.7 Å². The van der Waals surface area contributed by atoms with Gasteiger partial charge >= 0.3 is 0 Å². The number of aryl methyl sites for hydroxylation is 1. The second-order valence-electron chi connectivity index (χ2n) is 4.82. The van der Waals surface area contributed by atoms with Gasteiger partial charge in [-0.1, -0.05) is 24.3 Å². The molecule has 0 amide bonds. The minimum absolute atomic E-state index is 0. The van der Waals surface area contributed by atoms with Gasteiger partial charge in [-0.05, 0) is 35.4 Å². The first kappa shape index (κ1) is 16.1. The standard InChI is InChI=1S/C19H13N2.Ir/c1-14-8-10-17(20-2)12-18(14)16-9-11-19(21-13-16)15-6-4-3-5-7-15;/h3-6,8-13H,1H3;/q-1;. The van der Waals surface area contributed by atoms with E-state index in [9.17, 15) is 0 Å². The predicted molar refractivity (Wildman–Crippen MR) is 84.9 cm³/mol. The first-order valence-electron chi connectivity index (χ1n) is 6.69. The maximum absolute atomic E-state index is 7.13. The van der Waals surface area contributed by atoms with Crippen molar-refractivity contribution in [2.24, 2.45) is 0 Å². The molecule has 3 rings (SSSR count). The van der Waals surface area contributed by atoms with Crippen molar-refractivity contribution in [1.29, 1.82) is 0 Å². The number of benzene rings is 2. The van der Waals surface area contributed by atoms with Crippen LogP contribution in [-0.4, -0.2) is 4.98 Å². The summed E-state index contributed by atoms with van der Waals surface area (Å²) in [5.41, 5.74) is 5.76. The molecule has 0 saturated carbocycles. The van der Waals surface area contributed by atoms with E-state index in [1.54, 1.807) is 0 Å². The molecule has 3 aromatic rings. The fourth-order valence-electron chi connectivity index (χ4n) is 2.26. The van der Waals surface area contributed by atoms with Crippen LogP contribution >= 0.6 is 0 Å². The Labute approximate surface area is 144 Å². The molecule has 3 heteroatoms. The third-order valence-electron chi connectivity index (χ3n) is 3.41. The molecule has 0 aliphatic rings. The fraction of sp³-hybridized carbons (Fsp3) is 0.0526. The molecule has 0 N–H and O–H groups in total. The zero-order valence-electron chi connectivity index (χ0n) is 12.0. The van der Waals surface area contributed by atoms with Gasteiger partial charge in [-0.15, -0.1) is 35.9 Å². The van der Waals surface area contributed by atoms with Gasteiger partial charge in [-0.2, -0.15) is 0 Å². The Morgan fingerprint density at radius 1 is 1.09 bits per heavy atom. The minimum atomic E-state index is 0. The molecule has 2 nitrogen and oxygen atoms in total. The van der Waals surface area contributed by atoms with E-state index in [0.29, 0.717) is 5.69 Å². The van der Waals surface area contributed by atoms with Gasteiger partial charge in [0.1, 0.15) is 0 Å². The molecule has 0 bridgehead atoms. The van der Waals surface area contributed by atoms with Crippen molar-refractivity contribution in [3.8, 4) is 22.4 Å². The Hall–Kier alpha value is -2.27. The summed E-state index contributed by atoms with van der Waals surface area (Å²) in [4.78, 5) is 8.00. The van der Waals surface area contributed by atoms with Crippen molar-refractivity contribution in [3.05, 3.63) is 83.8 Å². The average molecular weight is 462 g/mol. The van der Waals surface area contributed by atoms with E-state index in [1.165, 1.54) is 0 Å². The van der Waals surface area contributed by atoms with Crippen LogP contribution in [0.1, 0.15) is 5.56 Å². The molecule has 0 aliphatic carbocycles. The van der Waals surface area contributed by atoms with Crippen LogP contribution in [0.15, 0.2) is 60.8 Å². The molecule has 0 fully saturated rings. The van der Waals surface area contributed by atoms with Crippen molar-refractivity contribution >= 4 is 5.69 Å². The summed E-state index contributed by atoms with van der Waals surface area (Å²) in [7, 11) is 0. The van der Waals surface area contributed by atoms with E-state index >= 15 is 0 Å². The molecule has 0 aliphatic heterocycles. The summed E-state index contributed by atoms with van der Waals surface area (Å²) >= 11 is 0. The summed E-state index contributed by atoms with van der Waals surface area (Å²) in [5, 5.41) is 0. The van der Waals surface area contributed by atoms with Crippen LogP contribution < -0.4 is 0 Å². The molecule has 1 heterocycles. The van der Waals surface area contributed by atoms with Crippen molar-refractivity contribution in [3.63, 3.8) is 0 Å². The first-order chi connectivity index (χ1) is 10.3. The quantitative estimate of drug-likeness (QED) is 0.487. The average Bonchev–Trinajstić information content (AvgIpc) is 2.56. The van der Waals surface area contributed by atoms with Gasteiger partial charge in [0.25, 0.3) is 0 Å². The van der Waals surface area contributed by atoms with Gasteiger partial charge < -0.3 is 4.98 Å². The van der Waals surface area contributed by atoms with E-state index in [2.05, 4.69) is 15.9 Å². The van der Waals surface area contributed by atoms with Gasteiger partial charge in [0, 0.05) is 26.3 Å². The number of hydrogen-bond donors (Lipinski definition) is 0. The zero-order chi connectivity index (χ0) is 14.7. The number of pyridine rings is 1. The maximum Gasteiger partial charge on any atom is 0.187 e. The maximum atomic E-state index is 7.13. The molecule has 109 valence electrons. The van der Waals surface area contributed by atoms with Crippen LogP contribution in [0.25, 0.3) is 27.2 Å². The molecule has 1 radical (unpaired) electrons. The van der Waals surface area contributed by atoms with Crippen molar-refractivity contribution in [1.82, 2.24) is 4.98 Å². The largest absolute Gasteiger partial charge is 0.304 e. The van der Waals surface area contributed by atoms with Crippen molar-refractivity contribution < 1.29 is 20.1 Å². The van der Waals surface area contributed by atoms with Gasteiger partial charge in [-0.25, -0.2) is 4.85 Å². The van der Waals surface area contributed by atoms with Crippen LogP contribution in [0.3, 0.4) is 0 Å². The van der Waals surface area contributed by atoms with E-state index in [-0.39, 0.29) is 20.1 Å². The molecular weight excluding hydrogens is 448 g/mol. The van der Waals surface area contributed by atoms with Crippen LogP contribution in [0.2, 0.25) is 0 Å². The minimum Gasteiger partial charge on any atom is -0.304 e. The molecule has 1 aromatic heterocycles. The molecule has 22 heavy (non-hydrogen) atoms. The third kappa shape index (κ3) is 3.31. The van der Waals surface area contributed by atoms with Crippen LogP contribution in [0, 0.1) is 19.6 Å². The molecule has 0 spiro atoms. The zero-order valence-corrected chi connectivity index (χ0v) is 14.4. The van der Waals surface area contributed by atoms with Gasteiger partial charge in [0.15, 0.2) is 5.69 Å². The second kappa shape index (κ2) is 7.13. The third-order valence-corrected chi connectivity index (χ3v) is 3.41. The Bertz CT molecular complexity index is 803. The summed E-state index contributed by atoms with van der Waals surface area (Å²) in [6.45, 7) is 9.17. The molecule has 2 aromatic carbocycles. The number of nitrogens with zero attached hydrogens (tertiary/aromatic N) is 2. The van der Waals surface area contributed by atoms with Crippen LogP contribution in [0.5, 0.6) is 0 Å². The summed E-state index contributed by atoms with van der Waals surface area (Å²) in [6, 6.07) is 20.7. The SMILES string of the molecule is [C-]#[N+]c1ccc(C)c(-c2ccc(-c3[c-]cccc3)nc2)c1.[Ir]. The topological polar surface area (TPSA) is 17.2 Å². The van der Waals surface area contributed by atoms with E-state index < -0.39 is 0 Å². The van der Waals surface area contributed by atoms with Crippen molar-refractivity contribution in [2.45, 2.75) is 6.92 Å². The number of aromatic nitrogens is 1. The Balaban J connectivity index is 0.00000176. The Morgan fingerprint density at radius 2 is 1.95 bits per heavy atom. The fourth-order valence-corrected chi connectivity index (χ4v) is 2.26. The molecule has 0 saturated heterocycles. The van der Waals surface area contributed by atoms with Gasteiger partial charge in [0.05, 0.1) is 6.57 Å². The number of hydrogen-bond acceptors (Lipinski definition) is 1. The summed E-state index contributed by atoms with van der Waals surface area (Å²) in [5.74, 6) is 0. The van der Waals surface area contributed by atoms with E-state index in [4.69, 9.17) is 6.57 Å². The molecule has 0 unspecified atom stereocenters. The second-order valence-corrected chi connectivity index (χ2v) is 4.82. The number of rotatable bonds is 2. The van der Waals surface area contributed by atoms with Gasteiger partial charge in [-0.3, -0.25) is 0 Å². The Kier molecular flexibility index (Phi) is 5.22. The Morgan fingerprint density at radius 3 is 2.59 bits per heavy atom.